The van der Waals surface area contributed by atoms with E-state index in [9.17, 15) is 0 Å². The van der Waals surface area contributed by atoms with Gasteiger partial charge in [-0.25, -0.2) is 4.98 Å². The van der Waals surface area contributed by atoms with Crippen LogP contribution in [0.4, 0.5) is 0 Å². The first-order valence-electron chi connectivity index (χ1n) is 6.46. The zero-order valence-corrected chi connectivity index (χ0v) is 11.2. The zero-order chi connectivity index (χ0) is 12.7. The van der Waals surface area contributed by atoms with Crippen LogP contribution in [0.5, 0.6) is 0 Å². The minimum Gasteiger partial charge on any atom is -0.332 e. The summed E-state index contributed by atoms with van der Waals surface area (Å²) in [6.45, 7) is 8.21. The van der Waals surface area contributed by atoms with Gasteiger partial charge in [0.2, 0.25) is 0 Å². The van der Waals surface area contributed by atoms with Crippen molar-refractivity contribution in [2.45, 2.75) is 39.9 Å². The summed E-state index contributed by atoms with van der Waals surface area (Å²) in [5.41, 5.74) is 5.20. The van der Waals surface area contributed by atoms with Gasteiger partial charge in [-0.15, -0.1) is 0 Å². The number of imidazole rings is 1. The molecular weight excluding hydrogens is 222 g/mol. The number of nitrogens with zero attached hydrogens (tertiary/aromatic N) is 2. The van der Waals surface area contributed by atoms with Crippen molar-refractivity contribution in [1.82, 2.24) is 14.9 Å². The molecular formula is C15H19N3. The Morgan fingerprint density at radius 3 is 2.89 bits per heavy atom. The second-order valence-electron chi connectivity index (χ2n) is 5.24. The first kappa shape index (κ1) is 11.5. The normalized spacial score (nSPS) is 18.7. The van der Waals surface area contributed by atoms with Crippen molar-refractivity contribution >= 4 is 0 Å². The molecule has 0 spiro atoms. The highest BCUT2D eigenvalue weighted by atomic mass is 15.2. The molecule has 0 bridgehead atoms. The molecule has 1 N–H and O–H groups in total. The Morgan fingerprint density at radius 2 is 2.11 bits per heavy atom. The van der Waals surface area contributed by atoms with E-state index in [4.69, 9.17) is 0 Å². The molecule has 18 heavy (non-hydrogen) atoms. The molecule has 0 amide bonds. The quantitative estimate of drug-likeness (QED) is 0.832. The van der Waals surface area contributed by atoms with Crippen LogP contribution in [0.1, 0.15) is 34.3 Å². The highest BCUT2D eigenvalue weighted by molar-refractivity contribution is 5.33. The molecule has 3 heteroatoms. The van der Waals surface area contributed by atoms with Crippen molar-refractivity contribution in [2.24, 2.45) is 0 Å². The average Bonchev–Trinajstić information content (AvgIpc) is 2.68. The monoisotopic (exact) mass is 241 g/mol. The minimum atomic E-state index is 0.395. The largest absolute Gasteiger partial charge is 0.332 e. The van der Waals surface area contributed by atoms with E-state index in [-0.39, 0.29) is 0 Å². The highest BCUT2D eigenvalue weighted by Gasteiger charge is 2.21. The summed E-state index contributed by atoms with van der Waals surface area (Å²) in [6, 6.07) is 7.09. The van der Waals surface area contributed by atoms with Gasteiger partial charge in [-0.1, -0.05) is 23.8 Å². The maximum Gasteiger partial charge on any atom is 0.123 e. The number of aryl methyl sites for hydroxylation is 3. The van der Waals surface area contributed by atoms with Crippen molar-refractivity contribution in [1.29, 1.82) is 0 Å². The SMILES string of the molecule is Cc1ccc(C2Cn3cc(C)nc3CN2)c(C)c1. The molecule has 1 aliphatic heterocycles. The van der Waals surface area contributed by atoms with Gasteiger partial charge in [-0.2, -0.15) is 0 Å². The van der Waals surface area contributed by atoms with Gasteiger partial charge in [0.05, 0.1) is 18.3 Å². The predicted octanol–water partition coefficient (Wildman–Crippen LogP) is 2.65. The van der Waals surface area contributed by atoms with E-state index in [1.165, 1.54) is 16.7 Å². The van der Waals surface area contributed by atoms with Gasteiger partial charge in [-0.3, -0.25) is 0 Å². The van der Waals surface area contributed by atoms with Crippen LogP contribution >= 0.6 is 0 Å². The lowest BCUT2D eigenvalue weighted by atomic mass is 9.98. The van der Waals surface area contributed by atoms with Gasteiger partial charge in [0.1, 0.15) is 5.82 Å². The van der Waals surface area contributed by atoms with E-state index >= 15 is 0 Å². The molecule has 3 nitrogen and oxygen atoms in total. The summed E-state index contributed by atoms with van der Waals surface area (Å²) < 4.78 is 2.27. The number of benzene rings is 1. The van der Waals surface area contributed by atoms with Crippen LogP contribution in [0.3, 0.4) is 0 Å². The van der Waals surface area contributed by atoms with Gasteiger partial charge in [0.15, 0.2) is 0 Å². The molecule has 1 aliphatic rings. The smallest absolute Gasteiger partial charge is 0.123 e. The summed E-state index contributed by atoms with van der Waals surface area (Å²) in [4.78, 5) is 4.52. The fourth-order valence-corrected chi connectivity index (χ4v) is 2.80. The lowest BCUT2D eigenvalue weighted by Crippen LogP contribution is -2.32. The molecule has 0 aliphatic carbocycles. The van der Waals surface area contributed by atoms with Crippen LogP contribution in [-0.2, 0) is 13.1 Å². The Labute approximate surface area is 108 Å². The molecule has 0 fully saturated rings. The summed E-state index contributed by atoms with van der Waals surface area (Å²) >= 11 is 0. The maximum absolute atomic E-state index is 4.52. The second kappa shape index (κ2) is 4.25. The summed E-state index contributed by atoms with van der Waals surface area (Å²) in [5, 5.41) is 3.58. The van der Waals surface area contributed by atoms with Crippen LogP contribution < -0.4 is 5.32 Å². The molecule has 94 valence electrons. The van der Waals surface area contributed by atoms with Crippen LogP contribution in [-0.4, -0.2) is 9.55 Å². The summed E-state index contributed by atoms with van der Waals surface area (Å²) in [5.74, 6) is 1.15. The van der Waals surface area contributed by atoms with Crippen molar-refractivity contribution in [3.63, 3.8) is 0 Å². The van der Waals surface area contributed by atoms with Crippen molar-refractivity contribution < 1.29 is 0 Å². The molecule has 1 aromatic heterocycles. The van der Waals surface area contributed by atoms with Crippen LogP contribution in [0, 0.1) is 20.8 Å². The Hall–Kier alpha value is -1.61. The third kappa shape index (κ3) is 1.95. The molecule has 3 rings (SSSR count). The number of nitrogens with one attached hydrogen (secondary N) is 1. The van der Waals surface area contributed by atoms with E-state index in [0.29, 0.717) is 6.04 Å². The molecule has 1 unspecified atom stereocenters. The van der Waals surface area contributed by atoms with Gasteiger partial charge in [-0.05, 0) is 31.9 Å². The number of rotatable bonds is 1. The molecule has 1 atom stereocenters. The molecule has 2 heterocycles. The Bertz CT molecular complexity index is 583. The fraction of sp³-hybridized carbons (Fsp3) is 0.400. The zero-order valence-electron chi connectivity index (χ0n) is 11.2. The summed E-state index contributed by atoms with van der Waals surface area (Å²) in [7, 11) is 0. The van der Waals surface area contributed by atoms with E-state index in [1.54, 1.807) is 0 Å². The molecule has 0 radical (unpaired) electrons. The van der Waals surface area contributed by atoms with E-state index in [2.05, 4.69) is 60.0 Å². The topological polar surface area (TPSA) is 29.9 Å². The van der Waals surface area contributed by atoms with Gasteiger partial charge >= 0.3 is 0 Å². The van der Waals surface area contributed by atoms with Crippen molar-refractivity contribution in [3.05, 3.63) is 52.6 Å². The van der Waals surface area contributed by atoms with Gasteiger partial charge < -0.3 is 9.88 Å². The van der Waals surface area contributed by atoms with Gasteiger partial charge in [0.25, 0.3) is 0 Å². The molecule has 2 aromatic rings. The number of hydrogen-bond acceptors (Lipinski definition) is 2. The van der Waals surface area contributed by atoms with E-state index in [1.807, 2.05) is 0 Å². The summed E-state index contributed by atoms with van der Waals surface area (Å²) in [6.07, 6.45) is 2.15. The third-order valence-electron chi connectivity index (χ3n) is 3.67. The first-order chi connectivity index (χ1) is 8.63. The molecule has 0 saturated heterocycles. The number of fused-ring (bicyclic) bond motifs is 1. The van der Waals surface area contributed by atoms with Gasteiger partial charge in [0, 0.05) is 12.7 Å². The van der Waals surface area contributed by atoms with Crippen LogP contribution in [0.25, 0.3) is 0 Å². The number of aromatic nitrogens is 2. The lowest BCUT2D eigenvalue weighted by Gasteiger charge is -2.27. The highest BCUT2D eigenvalue weighted by Crippen LogP contribution is 2.24. The van der Waals surface area contributed by atoms with Crippen LogP contribution in [0.2, 0.25) is 0 Å². The second-order valence-corrected chi connectivity index (χ2v) is 5.24. The molecule has 0 saturated carbocycles. The average molecular weight is 241 g/mol. The lowest BCUT2D eigenvalue weighted by molar-refractivity contribution is 0.395. The molecule has 1 aromatic carbocycles. The Balaban J connectivity index is 1.91. The van der Waals surface area contributed by atoms with E-state index in [0.717, 1.165) is 24.6 Å². The van der Waals surface area contributed by atoms with Crippen molar-refractivity contribution in [2.75, 3.05) is 0 Å². The minimum absolute atomic E-state index is 0.395. The predicted molar refractivity (Wildman–Crippen MR) is 72.5 cm³/mol. The van der Waals surface area contributed by atoms with E-state index < -0.39 is 0 Å². The standard InChI is InChI=1S/C15H19N3/c1-10-4-5-13(11(2)6-10)14-9-18-8-12(3)17-15(18)7-16-14/h4-6,8,14,16H,7,9H2,1-3H3. The van der Waals surface area contributed by atoms with Crippen LogP contribution in [0.15, 0.2) is 24.4 Å². The third-order valence-corrected chi connectivity index (χ3v) is 3.67. The Morgan fingerprint density at radius 1 is 1.28 bits per heavy atom. The van der Waals surface area contributed by atoms with Crippen molar-refractivity contribution in [3.8, 4) is 0 Å². The number of hydrogen-bond donors (Lipinski definition) is 1. The maximum atomic E-state index is 4.52. The first-order valence-corrected chi connectivity index (χ1v) is 6.46. The fourth-order valence-electron chi connectivity index (χ4n) is 2.80. The Kier molecular flexibility index (Phi) is 2.71.